The maximum Gasteiger partial charge on any atom is 0.327 e. The number of carbonyl (C=O) groups is 3. The molecule has 0 aromatic heterocycles. The van der Waals surface area contributed by atoms with E-state index in [2.05, 4.69) is 11.3 Å². The minimum absolute atomic E-state index is 0.451. The number of hydrogen-bond donors (Lipinski definition) is 2. The first kappa shape index (κ1) is 14.9. The van der Waals surface area contributed by atoms with E-state index in [4.69, 9.17) is 10.2 Å². The Balaban J connectivity index is 4.96. The number of methoxy groups -OCH3 is 1. The molecule has 2 unspecified atom stereocenters. The number of ether oxygens (including phenoxy) is 1. The van der Waals surface area contributed by atoms with Gasteiger partial charge < -0.3 is 14.9 Å². The van der Waals surface area contributed by atoms with E-state index in [9.17, 15) is 14.4 Å². The molecule has 0 amide bonds. The van der Waals surface area contributed by atoms with E-state index in [0.29, 0.717) is 0 Å². The molecule has 6 heteroatoms. The Morgan fingerprint density at radius 3 is 2.29 bits per heavy atom. The van der Waals surface area contributed by atoms with E-state index in [1.165, 1.54) is 12.2 Å². The molecule has 0 radical (unpaired) electrons. The van der Waals surface area contributed by atoms with Crippen LogP contribution in [0.4, 0.5) is 0 Å². The number of allylic oxidation sites excluding steroid dienone is 2. The van der Waals surface area contributed by atoms with Crippen molar-refractivity contribution in [1.82, 2.24) is 0 Å². The topological polar surface area (TPSA) is 101 Å². The van der Waals surface area contributed by atoms with Gasteiger partial charge in [-0.15, -0.1) is 6.58 Å². The lowest BCUT2D eigenvalue weighted by Gasteiger charge is -2.17. The lowest BCUT2D eigenvalue weighted by molar-refractivity contribution is -0.151. The second-order valence-corrected chi connectivity index (χ2v) is 3.24. The highest BCUT2D eigenvalue weighted by Gasteiger charge is 2.28. The average molecular weight is 242 g/mol. The molecule has 94 valence electrons. The van der Waals surface area contributed by atoms with Gasteiger partial charge in [0.1, 0.15) is 0 Å². The first-order valence-corrected chi connectivity index (χ1v) is 4.75. The van der Waals surface area contributed by atoms with E-state index in [1.54, 1.807) is 0 Å². The molecule has 2 N–H and O–H groups in total. The Bertz CT molecular complexity index is 344. The van der Waals surface area contributed by atoms with Gasteiger partial charge in [0.15, 0.2) is 0 Å². The predicted octanol–water partition coefficient (Wildman–Crippen LogP) is 0.693. The van der Waals surface area contributed by atoms with Crippen molar-refractivity contribution in [2.75, 3.05) is 7.11 Å². The van der Waals surface area contributed by atoms with Crippen molar-refractivity contribution in [3.63, 3.8) is 0 Å². The van der Waals surface area contributed by atoms with Crippen molar-refractivity contribution in [3.8, 4) is 0 Å². The molecule has 6 nitrogen and oxygen atoms in total. The van der Waals surface area contributed by atoms with Crippen molar-refractivity contribution < 1.29 is 29.3 Å². The molecule has 0 bridgehead atoms. The molecule has 0 aromatic carbocycles. The fraction of sp³-hybridized carbons (Fsp3) is 0.364. The predicted molar refractivity (Wildman–Crippen MR) is 58.2 cm³/mol. The lowest BCUT2D eigenvalue weighted by atomic mass is 9.89. The summed E-state index contributed by atoms with van der Waals surface area (Å²) in [4.78, 5) is 32.3. The van der Waals surface area contributed by atoms with Crippen LogP contribution in [0, 0.1) is 11.8 Å². The fourth-order valence-electron chi connectivity index (χ4n) is 1.29. The van der Waals surface area contributed by atoms with E-state index in [1.807, 2.05) is 0 Å². The van der Waals surface area contributed by atoms with E-state index < -0.39 is 36.2 Å². The Morgan fingerprint density at radius 2 is 1.94 bits per heavy atom. The molecule has 0 aliphatic carbocycles. The Labute approximate surface area is 98.2 Å². The summed E-state index contributed by atoms with van der Waals surface area (Å²) in [5, 5.41) is 17.1. The van der Waals surface area contributed by atoms with Crippen LogP contribution in [0.1, 0.15) is 6.42 Å². The van der Waals surface area contributed by atoms with Gasteiger partial charge in [-0.05, 0) is 0 Å². The highest BCUT2D eigenvalue weighted by atomic mass is 16.5. The van der Waals surface area contributed by atoms with Gasteiger partial charge in [-0.2, -0.15) is 0 Å². The van der Waals surface area contributed by atoms with E-state index in [0.717, 1.165) is 13.2 Å². The minimum atomic E-state index is -1.18. The molecule has 0 aliphatic rings. The SMILES string of the molecule is C=CC(/C=C/C(=O)O)C(CC(=O)O)C(=O)OC. The number of rotatable bonds is 7. The Hall–Kier alpha value is -2.11. The van der Waals surface area contributed by atoms with Crippen LogP contribution in [0.2, 0.25) is 0 Å². The van der Waals surface area contributed by atoms with Crippen LogP contribution < -0.4 is 0 Å². The Kier molecular flexibility index (Phi) is 6.32. The first-order valence-electron chi connectivity index (χ1n) is 4.75. The van der Waals surface area contributed by atoms with Gasteiger partial charge in [0.2, 0.25) is 0 Å². The Morgan fingerprint density at radius 1 is 1.35 bits per heavy atom. The number of hydrogen-bond acceptors (Lipinski definition) is 4. The van der Waals surface area contributed by atoms with Gasteiger partial charge in [-0.1, -0.05) is 12.2 Å². The summed E-state index contributed by atoms with van der Waals surface area (Å²) in [7, 11) is 1.14. The summed E-state index contributed by atoms with van der Waals surface area (Å²) in [6.45, 7) is 3.44. The third kappa shape index (κ3) is 5.50. The third-order valence-electron chi connectivity index (χ3n) is 2.10. The summed E-state index contributed by atoms with van der Waals surface area (Å²) in [6, 6.07) is 0. The summed E-state index contributed by atoms with van der Waals surface area (Å²) >= 11 is 0. The van der Waals surface area contributed by atoms with Crippen LogP contribution in [0.5, 0.6) is 0 Å². The highest BCUT2D eigenvalue weighted by Crippen LogP contribution is 2.20. The number of esters is 1. The lowest BCUT2D eigenvalue weighted by Crippen LogP contribution is -2.25. The molecule has 0 fully saturated rings. The zero-order chi connectivity index (χ0) is 13.4. The third-order valence-corrected chi connectivity index (χ3v) is 2.10. The quantitative estimate of drug-likeness (QED) is 0.387. The van der Waals surface area contributed by atoms with Gasteiger partial charge in [-0.3, -0.25) is 9.59 Å². The van der Waals surface area contributed by atoms with Crippen molar-refractivity contribution in [1.29, 1.82) is 0 Å². The second-order valence-electron chi connectivity index (χ2n) is 3.24. The van der Waals surface area contributed by atoms with Crippen molar-refractivity contribution in [2.24, 2.45) is 11.8 Å². The highest BCUT2D eigenvalue weighted by molar-refractivity contribution is 5.81. The molecular formula is C11H14O6. The smallest absolute Gasteiger partial charge is 0.327 e. The van der Waals surface area contributed by atoms with Crippen molar-refractivity contribution in [2.45, 2.75) is 6.42 Å². The normalized spacial score (nSPS) is 13.9. The zero-order valence-electron chi connectivity index (χ0n) is 9.33. The van der Waals surface area contributed by atoms with E-state index >= 15 is 0 Å². The molecule has 0 rings (SSSR count). The van der Waals surface area contributed by atoms with Crippen LogP contribution in [0.25, 0.3) is 0 Å². The molecular weight excluding hydrogens is 228 g/mol. The average Bonchev–Trinajstić information content (AvgIpc) is 2.26. The molecule has 0 aliphatic heterocycles. The van der Waals surface area contributed by atoms with Gasteiger partial charge in [-0.25, -0.2) is 4.79 Å². The summed E-state index contributed by atoms with van der Waals surface area (Å²) in [5.74, 6) is -4.75. The van der Waals surface area contributed by atoms with Crippen LogP contribution in [0.3, 0.4) is 0 Å². The first-order chi connectivity index (χ1) is 7.92. The van der Waals surface area contributed by atoms with Crippen molar-refractivity contribution >= 4 is 17.9 Å². The maximum absolute atomic E-state index is 11.4. The van der Waals surface area contributed by atoms with Gasteiger partial charge >= 0.3 is 17.9 Å². The molecule has 0 heterocycles. The van der Waals surface area contributed by atoms with Crippen LogP contribution in [0.15, 0.2) is 24.8 Å². The molecule has 0 saturated heterocycles. The summed E-state index contributed by atoms with van der Waals surface area (Å²) in [5.41, 5.74) is 0. The number of carboxylic acid groups (broad SMARTS) is 2. The molecule has 2 atom stereocenters. The molecule has 0 saturated carbocycles. The van der Waals surface area contributed by atoms with Gasteiger partial charge in [0.05, 0.1) is 19.4 Å². The van der Waals surface area contributed by atoms with Gasteiger partial charge in [0, 0.05) is 12.0 Å². The number of carbonyl (C=O) groups excluding carboxylic acids is 1. The monoisotopic (exact) mass is 242 g/mol. The largest absolute Gasteiger partial charge is 0.481 e. The number of aliphatic carboxylic acids is 2. The molecule has 17 heavy (non-hydrogen) atoms. The van der Waals surface area contributed by atoms with Crippen LogP contribution in [-0.2, 0) is 19.1 Å². The summed E-state index contributed by atoms with van der Waals surface area (Å²) < 4.78 is 4.47. The summed E-state index contributed by atoms with van der Waals surface area (Å²) in [6.07, 6.45) is 2.90. The minimum Gasteiger partial charge on any atom is -0.481 e. The van der Waals surface area contributed by atoms with Gasteiger partial charge in [0.25, 0.3) is 0 Å². The zero-order valence-corrected chi connectivity index (χ0v) is 9.33. The van der Waals surface area contributed by atoms with Crippen molar-refractivity contribution in [3.05, 3.63) is 24.8 Å². The molecule has 0 spiro atoms. The van der Waals surface area contributed by atoms with Crippen LogP contribution >= 0.6 is 0 Å². The van der Waals surface area contributed by atoms with E-state index in [-0.39, 0.29) is 0 Å². The second kappa shape index (κ2) is 7.21. The number of carboxylic acids is 2. The molecule has 0 aromatic rings. The standard InChI is InChI=1S/C11H14O6/c1-3-7(4-5-9(12)13)8(6-10(14)15)11(16)17-2/h3-5,7-8H,1,6H2,2H3,(H,12,13)(H,14,15)/b5-4+. The maximum atomic E-state index is 11.4. The van der Waals surface area contributed by atoms with Crippen LogP contribution in [-0.4, -0.2) is 35.2 Å². The fourth-order valence-corrected chi connectivity index (χ4v) is 1.29.